The maximum absolute atomic E-state index is 2.52. The van der Waals surface area contributed by atoms with Crippen LogP contribution in [0.1, 0.15) is 144 Å². The monoisotopic (exact) mass is 351 g/mol. The molecule has 0 aliphatic rings. The third-order valence-corrected chi connectivity index (χ3v) is 6.07. The Kier molecular flexibility index (Phi) is 18.8. The van der Waals surface area contributed by atoms with Crippen LogP contribution in [-0.4, -0.2) is 0 Å². The van der Waals surface area contributed by atoms with Crippen molar-refractivity contribution in [3.05, 3.63) is 5.92 Å². The summed E-state index contributed by atoms with van der Waals surface area (Å²) < 4.78 is 0. The molecule has 1 radical (unpaired) electrons. The molecule has 0 spiro atoms. The highest BCUT2D eigenvalue weighted by Crippen LogP contribution is 2.35. The third-order valence-electron chi connectivity index (χ3n) is 6.07. The number of hydrogen-bond donors (Lipinski definition) is 0. The summed E-state index contributed by atoms with van der Waals surface area (Å²) in [5, 5.41) is 0. The zero-order valence-corrected chi connectivity index (χ0v) is 18.7. The summed E-state index contributed by atoms with van der Waals surface area (Å²) in [5.41, 5.74) is 0. The fraction of sp³-hybridized carbons (Fsp3) is 0.960. The van der Waals surface area contributed by atoms with Gasteiger partial charge in [0.15, 0.2) is 0 Å². The Bertz CT molecular complexity index is 228. The average molecular weight is 352 g/mol. The van der Waals surface area contributed by atoms with Gasteiger partial charge in [-0.3, -0.25) is 0 Å². The zero-order chi connectivity index (χ0) is 18.8. The van der Waals surface area contributed by atoms with E-state index >= 15 is 0 Å². The maximum atomic E-state index is 2.52. The van der Waals surface area contributed by atoms with Crippen molar-refractivity contribution in [1.29, 1.82) is 0 Å². The quantitative estimate of drug-likeness (QED) is 0.203. The van der Waals surface area contributed by atoms with Crippen LogP contribution in [0.15, 0.2) is 0 Å². The maximum Gasteiger partial charge on any atom is -0.0185 e. The summed E-state index contributed by atoms with van der Waals surface area (Å²) in [6, 6.07) is 0. The zero-order valence-electron chi connectivity index (χ0n) is 18.7. The Morgan fingerprint density at radius 1 is 0.480 bits per heavy atom. The molecule has 0 heterocycles. The summed E-state index contributed by atoms with van der Waals surface area (Å²) in [7, 11) is 0. The molecule has 0 aliphatic heterocycles. The summed E-state index contributed by atoms with van der Waals surface area (Å²) in [4.78, 5) is 0. The lowest BCUT2D eigenvalue weighted by Gasteiger charge is -2.29. The van der Waals surface area contributed by atoms with Crippen LogP contribution in [0.25, 0.3) is 0 Å². The molecule has 0 N–H and O–H groups in total. The van der Waals surface area contributed by atoms with Crippen molar-refractivity contribution < 1.29 is 0 Å². The molecular formula is C25H51. The summed E-state index contributed by atoms with van der Waals surface area (Å²) >= 11 is 0. The van der Waals surface area contributed by atoms with Crippen molar-refractivity contribution in [3.63, 3.8) is 0 Å². The molecule has 0 saturated heterocycles. The second kappa shape index (κ2) is 18.8. The Morgan fingerprint density at radius 3 is 1.28 bits per heavy atom. The van der Waals surface area contributed by atoms with E-state index in [2.05, 4.69) is 34.6 Å². The first-order valence-electron chi connectivity index (χ1n) is 12.0. The molecule has 0 fully saturated rings. The molecule has 2 atom stereocenters. The van der Waals surface area contributed by atoms with E-state index in [1.54, 1.807) is 0 Å². The Balaban J connectivity index is 4.10. The highest BCUT2D eigenvalue weighted by Gasteiger charge is 2.23. The van der Waals surface area contributed by atoms with Crippen molar-refractivity contribution in [2.45, 2.75) is 144 Å². The van der Waals surface area contributed by atoms with E-state index in [-0.39, 0.29) is 0 Å². The minimum absolute atomic E-state index is 0.854. The van der Waals surface area contributed by atoms with Crippen LogP contribution in [0.2, 0.25) is 0 Å². The van der Waals surface area contributed by atoms with Gasteiger partial charge in [0.05, 0.1) is 0 Å². The third kappa shape index (κ3) is 14.8. The van der Waals surface area contributed by atoms with Crippen LogP contribution in [0.3, 0.4) is 0 Å². The van der Waals surface area contributed by atoms with Gasteiger partial charge in [-0.25, -0.2) is 0 Å². The first-order chi connectivity index (χ1) is 12.2. The van der Waals surface area contributed by atoms with Crippen molar-refractivity contribution >= 4 is 0 Å². The summed E-state index contributed by atoms with van der Waals surface area (Å²) in [6.07, 6.45) is 24.2. The minimum Gasteiger partial charge on any atom is -0.0654 e. The van der Waals surface area contributed by atoms with E-state index in [1.165, 1.54) is 109 Å². The van der Waals surface area contributed by atoms with Gasteiger partial charge < -0.3 is 0 Å². The van der Waals surface area contributed by atoms with Gasteiger partial charge in [-0.1, -0.05) is 137 Å². The molecule has 0 aromatic heterocycles. The Labute approximate surface area is 161 Å². The lowest BCUT2D eigenvalue weighted by molar-refractivity contribution is 0.368. The van der Waals surface area contributed by atoms with Crippen molar-refractivity contribution in [2.24, 2.45) is 11.8 Å². The first kappa shape index (κ1) is 25.0. The molecule has 0 saturated carbocycles. The topological polar surface area (TPSA) is 0 Å². The molecule has 0 rings (SSSR count). The van der Waals surface area contributed by atoms with E-state index in [0.717, 1.165) is 11.8 Å². The smallest absolute Gasteiger partial charge is 0.0185 e. The minimum atomic E-state index is 0.854. The van der Waals surface area contributed by atoms with Gasteiger partial charge in [0.25, 0.3) is 0 Å². The lowest BCUT2D eigenvalue weighted by Crippen LogP contribution is -2.18. The number of rotatable bonds is 19. The fourth-order valence-corrected chi connectivity index (χ4v) is 4.21. The van der Waals surface area contributed by atoms with Crippen LogP contribution in [0.4, 0.5) is 0 Å². The van der Waals surface area contributed by atoms with Gasteiger partial charge >= 0.3 is 0 Å². The van der Waals surface area contributed by atoms with Crippen LogP contribution in [0.5, 0.6) is 0 Å². The molecule has 151 valence electrons. The van der Waals surface area contributed by atoms with Crippen molar-refractivity contribution in [2.75, 3.05) is 0 Å². The molecule has 0 heteroatoms. The molecule has 0 bridgehead atoms. The number of unbranched alkanes of at least 4 members (excludes halogenated alkanes) is 11. The van der Waals surface area contributed by atoms with E-state index in [1.807, 2.05) is 5.92 Å². The highest BCUT2D eigenvalue weighted by atomic mass is 14.3. The van der Waals surface area contributed by atoms with Crippen LogP contribution in [-0.2, 0) is 0 Å². The predicted molar refractivity (Wildman–Crippen MR) is 117 cm³/mol. The molecule has 0 aromatic carbocycles. The van der Waals surface area contributed by atoms with Gasteiger partial charge in [0, 0.05) is 0 Å². The summed E-state index contributed by atoms with van der Waals surface area (Å²) in [6.45, 7) is 12.0. The molecule has 0 aromatic rings. The van der Waals surface area contributed by atoms with Gasteiger partial charge in [0.2, 0.25) is 0 Å². The van der Waals surface area contributed by atoms with E-state index < -0.39 is 0 Å². The molecule has 0 amide bonds. The van der Waals surface area contributed by atoms with Crippen molar-refractivity contribution in [1.82, 2.24) is 0 Å². The normalized spacial score (nSPS) is 14.2. The van der Waals surface area contributed by atoms with Gasteiger partial charge in [-0.05, 0) is 24.2 Å². The molecule has 25 heavy (non-hydrogen) atoms. The molecule has 0 aliphatic carbocycles. The van der Waals surface area contributed by atoms with Crippen molar-refractivity contribution in [3.8, 4) is 0 Å². The van der Waals surface area contributed by atoms with Gasteiger partial charge in [0.1, 0.15) is 0 Å². The van der Waals surface area contributed by atoms with Gasteiger partial charge in [-0.2, -0.15) is 0 Å². The largest absolute Gasteiger partial charge is 0.0654 e. The Hall–Kier alpha value is 0. The summed E-state index contributed by atoms with van der Waals surface area (Å²) in [5.74, 6) is 3.62. The van der Waals surface area contributed by atoms with Crippen LogP contribution in [0, 0.1) is 17.8 Å². The van der Waals surface area contributed by atoms with E-state index in [0.29, 0.717) is 0 Å². The highest BCUT2D eigenvalue weighted by molar-refractivity contribution is 4.98. The van der Waals surface area contributed by atoms with Gasteiger partial charge in [-0.15, -0.1) is 0 Å². The SMILES string of the molecule is CCCCCCCCCC[C](C(C)CCCCC)C(C)CCCCC. The second-order valence-corrected chi connectivity index (χ2v) is 8.59. The van der Waals surface area contributed by atoms with E-state index in [4.69, 9.17) is 0 Å². The number of hydrogen-bond acceptors (Lipinski definition) is 0. The molecule has 2 unspecified atom stereocenters. The standard InChI is InChI=1S/C25H51/c1-6-9-12-13-14-15-16-19-22-25(23(4)20-17-10-7-2)24(5)21-18-11-8-3/h23-24H,6-22H2,1-5H3. The lowest BCUT2D eigenvalue weighted by atomic mass is 9.76. The van der Waals surface area contributed by atoms with E-state index in [9.17, 15) is 0 Å². The second-order valence-electron chi connectivity index (χ2n) is 8.59. The Morgan fingerprint density at radius 2 is 0.840 bits per heavy atom. The average Bonchev–Trinajstić information content (AvgIpc) is 2.60. The first-order valence-corrected chi connectivity index (χ1v) is 12.0. The molecular weight excluding hydrogens is 300 g/mol. The predicted octanol–water partition coefficient (Wildman–Crippen LogP) is 9.52. The van der Waals surface area contributed by atoms with Crippen LogP contribution < -0.4 is 0 Å². The molecule has 0 nitrogen and oxygen atoms in total. The van der Waals surface area contributed by atoms with Crippen LogP contribution >= 0.6 is 0 Å². The fourth-order valence-electron chi connectivity index (χ4n) is 4.21.